The van der Waals surface area contributed by atoms with E-state index in [0.717, 1.165) is 52.9 Å². The molecule has 0 unspecified atom stereocenters. The molecule has 6 heteroatoms. The molecule has 4 fully saturated rings. The normalized spacial score (nSPS) is 17.7. The molecule has 2 aromatic rings. The summed E-state index contributed by atoms with van der Waals surface area (Å²) in [5, 5.41) is 0. The van der Waals surface area contributed by atoms with Gasteiger partial charge in [-0.3, -0.25) is 0 Å². The Kier molecular flexibility index (Phi) is 38.0. The summed E-state index contributed by atoms with van der Waals surface area (Å²) < 4.78 is 20.3. The molecule has 0 spiro atoms. The summed E-state index contributed by atoms with van der Waals surface area (Å²) in [6, 6.07) is 25.0. The SMILES string of the molecule is C1CCOCC1.C1CCOCC1.C1CCOCC1.C1CCOCC1.[Li+].[Li+].[c-]1ccccc1.[c-]1ccccc1. The van der Waals surface area contributed by atoms with Gasteiger partial charge < -0.3 is 18.9 Å². The quantitative estimate of drug-likeness (QED) is 0.398. The Bertz CT molecular complexity index is 424. The van der Waals surface area contributed by atoms with Crippen LogP contribution in [-0.2, 0) is 18.9 Å². The largest absolute Gasteiger partial charge is 1.00 e. The third-order valence-electron chi connectivity index (χ3n) is 5.52. The van der Waals surface area contributed by atoms with E-state index in [1.807, 2.05) is 60.7 Å². The van der Waals surface area contributed by atoms with Crippen LogP contribution < -0.4 is 37.7 Å². The molecule has 4 heterocycles. The van der Waals surface area contributed by atoms with Gasteiger partial charge in [0, 0.05) is 52.9 Å². The number of benzene rings is 2. The van der Waals surface area contributed by atoms with Crippen molar-refractivity contribution in [2.45, 2.75) is 77.0 Å². The fourth-order valence-electron chi connectivity index (χ4n) is 3.43. The number of ether oxygens (including phenoxy) is 4. The molecule has 38 heavy (non-hydrogen) atoms. The molecule has 0 radical (unpaired) electrons. The average Bonchev–Trinajstić information content (AvgIpc) is 3.04. The van der Waals surface area contributed by atoms with Gasteiger partial charge in [0.05, 0.1) is 0 Å². The minimum Gasteiger partial charge on any atom is -0.381 e. The summed E-state index contributed by atoms with van der Waals surface area (Å²) in [6.45, 7) is 8.00. The second-order valence-corrected chi connectivity index (χ2v) is 8.85. The van der Waals surface area contributed by atoms with Gasteiger partial charge in [0.1, 0.15) is 0 Å². The van der Waals surface area contributed by atoms with Crippen LogP contribution in [0.3, 0.4) is 0 Å². The van der Waals surface area contributed by atoms with Gasteiger partial charge in [0.15, 0.2) is 0 Å². The molecule has 4 aliphatic rings. The van der Waals surface area contributed by atoms with Gasteiger partial charge >= 0.3 is 37.7 Å². The first kappa shape index (κ1) is 39.6. The minimum atomic E-state index is 0. The van der Waals surface area contributed by atoms with Gasteiger partial charge in [-0.1, -0.05) is 0 Å². The average molecular weight is 513 g/mol. The molecule has 0 amide bonds. The van der Waals surface area contributed by atoms with E-state index in [9.17, 15) is 0 Å². The van der Waals surface area contributed by atoms with E-state index >= 15 is 0 Å². The Hall–Kier alpha value is -0.525. The molecule has 4 nitrogen and oxygen atoms in total. The fraction of sp³-hybridized carbons (Fsp3) is 0.625. The molecule has 0 aromatic heterocycles. The predicted octanol–water partition coefficient (Wildman–Crippen LogP) is 1.73. The van der Waals surface area contributed by atoms with E-state index < -0.39 is 0 Å². The van der Waals surface area contributed by atoms with Gasteiger partial charge in [-0.25, -0.2) is 0 Å². The van der Waals surface area contributed by atoms with E-state index in [0.29, 0.717) is 0 Å². The molecule has 6 rings (SSSR count). The van der Waals surface area contributed by atoms with Crippen LogP contribution in [0.1, 0.15) is 77.0 Å². The topological polar surface area (TPSA) is 36.9 Å². The Morgan fingerprint density at radius 2 is 0.500 bits per heavy atom. The molecule has 0 atom stereocenters. The van der Waals surface area contributed by atoms with Gasteiger partial charge in [-0.05, 0) is 77.0 Å². The van der Waals surface area contributed by atoms with Crippen molar-refractivity contribution in [1.29, 1.82) is 0 Å². The first-order valence-corrected chi connectivity index (χ1v) is 14.1. The van der Waals surface area contributed by atoms with Crippen molar-refractivity contribution in [3.8, 4) is 0 Å². The van der Waals surface area contributed by atoms with Crippen LogP contribution in [0.5, 0.6) is 0 Å². The van der Waals surface area contributed by atoms with Crippen molar-refractivity contribution in [2.75, 3.05) is 52.9 Å². The molecule has 4 aliphatic heterocycles. The third-order valence-corrected chi connectivity index (χ3v) is 5.52. The van der Waals surface area contributed by atoms with Crippen molar-refractivity contribution in [3.63, 3.8) is 0 Å². The smallest absolute Gasteiger partial charge is 0.381 e. The van der Waals surface area contributed by atoms with E-state index in [4.69, 9.17) is 18.9 Å². The standard InChI is InChI=1S/2C6H5.4C5H10O.2Li/c6*1-2-4-6-5-3-1;;/h2*1-5H;4*1-5H2;;/q2*-1;;;;;2*+1. The Labute approximate surface area is 258 Å². The van der Waals surface area contributed by atoms with Crippen molar-refractivity contribution >= 4 is 0 Å². The van der Waals surface area contributed by atoms with E-state index in [-0.39, 0.29) is 37.7 Å². The van der Waals surface area contributed by atoms with Gasteiger partial charge in [-0.2, -0.15) is 72.8 Å². The summed E-state index contributed by atoms with van der Waals surface area (Å²) in [5.41, 5.74) is 0. The van der Waals surface area contributed by atoms with E-state index in [2.05, 4.69) is 12.1 Å². The van der Waals surface area contributed by atoms with Crippen molar-refractivity contribution in [1.82, 2.24) is 0 Å². The van der Waals surface area contributed by atoms with Crippen molar-refractivity contribution in [2.24, 2.45) is 0 Å². The van der Waals surface area contributed by atoms with Crippen LogP contribution in [-0.4, -0.2) is 52.9 Å². The van der Waals surface area contributed by atoms with Gasteiger partial charge in [0.25, 0.3) is 0 Å². The van der Waals surface area contributed by atoms with Crippen LogP contribution in [0.15, 0.2) is 60.7 Å². The van der Waals surface area contributed by atoms with Gasteiger partial charge in [0.2, 0.25) is 0 Å². The molecular formula is C32H50Li2O4. The molecule has 4 saturated heterocycles. The zero-order chi connectivity index (χ0) is 25.5. The maximum absolute atomic E-state index is 5.07. The number of hydrogen-bond donors (Lipinski definition) is 0. The second kappa shape index (κ2) is 36.5. The van der Waals surface area contributed by atoms with E-state index in [1.165, 1.54) is 77.0 Å². The predicted molar refractivity (Wildman–Crippen MR) is 149 cm³/mol. The zero-order valence-electron chi connectivity index (χ0n) is 24.5. The molecule has 0 bridgehead atoms. The van der Waals surface area contributed by atoms with Crippen LogP contribution in [0.4, 0.5) is 0 Å². The summed E-state index contributed by atoms with van der Waals surface area (Å²) in [7, 11) is 0. The number of hydrogen-bond acceptors (Lipinski definition) is 4. The molecule has 0 saturated carbocycles. The maximum Gasteiger partial charge on any atom is 1.00 e. The Morgan fingerprint density at radius 3 is 0.553 bits per heavy atom. The molecule has 0 N–H and O–H groups in total. The van der Waals surface area contributed by atoms with Crippen LogP contribution in [0.2, 0.25) is 0 Å². The minimum absolute atomic E-state index is 0. The second-order valence-electron chi connectivity index (χ2n) is 8.85. The molecule has 0 aliphatic carbocycles. The van der Waals surface area contributed by atoms with Crippen LogP contribution in [0, 0.1) is 12.1 Å². The summed E-state index contributed by atoms with van der Waals surface area (Å²) >= 11 is 0. The van der Waals surface area contributed by atoms with Crippen LogP contribution in [0.25, 0.3) is 0 Å². The molecular weight excluding hydrogens is 462 g/mol. The monoisotopic (exact) mass is 512 g/mol. The summed E-state index contributed by atoms with van der Waals surface area (Å²) in [4.78, 5) is 0. The first-order chi connectivity index (χ1) is 18.0. The maximum atomic E-state index is 5.07. The number of rotatable bonds is 0. The van der Waals surface area contributed by atoms with Crippen LogP contribution >= 0.6 is 0 Å². The van der Waals surface area contributed by atoms with Crippen molar-refractivity contribution in [3.05, 3.63) is 72.8 Å². The van der Waals surface area contributed by atoms with Crippen molar-refractivity contribution < 1.29 is 56.7 Å². The molecule has 2 aromatic carbocycles. The summed E-state index contributed by atoms with van der Waals surface area (Å²) in [6.07, 6.45) is 15.7. The fourth-order valence-corrected chi connectivity index (χ4v) is 3.43. The molecule has 204 valence electrons. The Morgan fingerprint density at radius 1 is 0.289 bits per heavy atom. The summed E-state index contributed by atoms with van der Waals surface area (Å²) in [5.74, 6) is 0. The van der Waals surface area contributed by atoms with Gasteiger partial charge in [-0.15, -0.1) is 0 Å². The Balaban J connectivity index is 0. The zero-order valence-corrected chi connectivity index (χ0v) is 24.5. The van der Waals surface area contributed by atoms with E-state index in [1.54, 1.807) is 0 Å². The first-order valence-electron chi connectivity index (χ1n) is 14.1. The third kappa shape index (κ3) is 33.5.